The van der Waals surface area contributed by atoms with Gasteiger partial charge in [-0.3, -0.25) is 4.79 Å². The van der Waals surface area contributed by atoms with Crippen LogP contribution in [0.4, 0.5) is 0 Å². The molecule has 0 bridgehead atoms. The summed E-state index contributed by atoms with van der Waals surface area (Å²) in [6.07, 6.45) is 1.64. The molecule has 0 radical (unpaired) electrons. The lowest BCUT2D eigenvalue weighted by Crippen LogP contribution is -2.01. The maximum atomic E-state index is 10.9. The molecule has 1 heterocycles. The van der Waals surface area contributed by atoms with Gasteiger partial charge in [-0.15, -0.1) is 0 Å². The number of rotatable bonds is 0. The normalized spacial score (nSPS) is 9.77. The molecule has 0 aliphatic heterocycles. The number of hydrogen-bond donors (Lipinski definition) is 1. The Morgan fingerprint density at radius 3 is 2.85 bits per heavy atom. The third-order valence-electron chi connectivity index (χ3n) is 1.87. The Morgan fingerprint density at radius 1 is 1.23 bits per heavy atom. The van der Waals surface area contributed by atoms with Crippen LogP contribution in [0.2, 0.25) is 0 Å². The van der Waals surface area contributed by atoms with E-state index in [2.05, 4.69) is 4.98 Å². The number of nitrogens with one attached hydrogen (secondary N) is 1. The quantitative estimate of drug-likeness (QED) is 0.649. The number of nitriles is 1. The maximum Gasteiger partial charge on any atom is 0.248 e. The lowest BCUT2D eigenvalue weighted by Gasteiger charge is -1.95. The van der Waals surface area contributed by atoms with Crippen LogP contribution in [0.3, 0.4) is 0 Å². The summed E-state index contributed by atoms with van der Waals surface area (Å²) in [5, 5.41) is 10.4. The fraction of sp³-hybridized carbons (Fsp3) is 0. The van der Waals surface area contributed by atoms with Gasteiger partial charge in [0.2, 0.25) is 5.56 Å². The molecule has 0 saturated heterocycles. The summed E-state index contributed by atoms with van der Waals surface area (Å²) >= 11 is 0. The Hall–Kier alpha value is -2.08. The average molecular weight is 170 g/mol. The standard InChI is InChI=1S/C10H6N2O/c11-5-7-1-2-8-6-12-10(13)4-9(8)3-7/h1-4,6H,(H,12,13). The van der Waals surface area contributed by atoms with Crippen molar-refractivity contribution in [2.75, 3.05) is 0 Å². The first-order valence-corrected chi connectivity index (χ1v) is 3.82. The molecule has 0 fully saturated rings. The van der Waals surface area contributed by atoms with Gasteiger partial charge in [0, 0.05) is 12.3 Å². The van der Waals surface area contributed by atoms with E-state index in [9.17, 15) is 4.79 Å². The molecule has 0 saturated carbocycles. The summed E-state index contributed by atoms with van der Waals surface area (Å²) in [6.45, 7) is 0. The number of fused-ring (bicyclic) bond motifs is 1. The third kappa shape index (κ3) is 1.30. The average Bonchev–Trinajstić information content (AvgIpc) is 2.16. The van der Waals surface area contributed by atoms with Crippen molar-refractivity contribution >= 4 is 10.8 Å². The molecule has 2 aromatic rings. The minimum Gasteiger partial charge on any atom is -0.328 e. The highest BCUT2D eigenvalue weighted by Gasteiger charge is 1.95. The van der Waals surface area contributed by atoms with E-state index in [1.807, 2.05) is 12.1 Å². The molecule has 0 amide bonds. The highest BCUT2D eigenvalue weighted by Crippen LogP contribution is 2.11. The number of benzene rings is 1. The Labute approximate surface area is 74.3 Å². The van der Waals surface area contributed by atoms with Crippen LogP contribution in [0, 0.1) is 11.3 Å². The van der Waals surface area contributed by atoms with Crippen molar-refractivity contribution in [1.82, 2.24) is 4.98 Å². The summed E-state index contributed by atoms with van der Waals surface area (Å²) in [6, 6.07) is 8.74. The third-order valence-corrected chi connectivity index (χ3v) is 1.87. The van der Waals surface area contributed by atoms with E-state index in [0.29, 0.717) is 5.56 Å². The molecule has 0 spiro atoms. The SMILES string of the molecule is N#Cc1ccc2c[nH]c(=O)cc2c1. The van der Waals surface area contributed by atoms with Crippen LogP contribution in [0.15, 0.2) is 35.3 Å². The number of pyridine rings is 1. The van der Waals surface area contributed by atoms with Crippen molar-refractivity contribution in [3.05, 3.63) is 46.4 Å². The number of aromatic nitrogens is 1. The number of aromatic amines is 1. The molecule has 0 aliphatic carbocycles. The largest absolute Gasteiger partial charge is 0.328 e. The monoisotopic (exact) mass is 170 g/mol. The van der Waals surface area contributed by atoms with Crippen LogP contribution in [0.25, 0.3) is 10.8 Å². The van der Waals surface area contributed by atoms with Crippen molar-refractivity contribution in [2.24, 2.45) is 0 Å². The van der Waals surface area contributed by atoms with Crippen LogP contribution in [-0.2, 0) is 0 Å². The van der Waals surface area contributed by atoms with Gasteiger partial charge in [-0.05, 0) is 22.9 Å². The predicted molar refractivity (Wildman–Crippen MR) is 49.3 cm³/mol. The van der Waals surface area contributed by atoms with E-state index >= 15 is 0 Å². The lowest BCUT2D eigenvalue weighted by atomic mass is 10.1. The van der Waals surface area contributed by atoms with Gasteiger partial charge in [-0.2, -0.15) is 5.26 Å². The second kappa shape index (κ2) is 2.76. The van der Waals surface area contributed by atoms with Crippen molar-refractivity contribution in [2.45, 2.75) is 0 Å². The molecule has 13 heavy (non-hydrogen) atoms. The van der Waals surface area contributed by atoms with Gasteiger partial charge in [0.15, 0.2) is 0 Å². The zero-order chi connectivity index (χ0) is 9.26. The fourth-order valence-corrected chi connectivity index (χ4v) is 1.23. The maximum absolute atomic E-state index is 10.9. The molecule has 0 aliphatic rings. The van der Waals surface area contributed by atoms with E-state index in [1.54, 1.807) is 18.3 Å². The topological polar surface area (TPSA) is 56.6 Å². The molecule has 1 aromatic carbocycles. The van der Waals surface area contributed by atoms with E-state index in [1.165, 1.54) is 6.07 Å². The molecule has 3 heteroatoms. The van der Waals surface area contributed by atoms with Gasteiger partial charge in [-0.1, -0.05) is 6.07 Å². The Kier molecular flexibility index (Phi) is 1.60. The summed E-state index contributed by atoms with van der Waals surface area (Å²) in [5.41, 5.74) is 0.417. The lowest BCUT2D eigenvalue weighted by molar-refractivity contribution is 1.27. The van der Waals surface area contributed by atoms with Gasteiger partial charge < -0.3 is 4.98 Å². The molecule has 2 rings (SSSR count). The Morgan fingerprint density at radius 2 is 2.08 bits per heavy atom. The second-order valence-electron chi connectivity index (χ2n) is 2.75. The van der Waals surface area contributed by atoms with Crippen LogP contribution >= 0.6 is 0 Å². The molecule has 62 valence electrons. The van der Waals surface area contributed by atoms with Crippen LogP contribution in [0.5, 0.6) is 0 Å². The van der Waals surface area contributed by atoms with Gasteiger partial charge in [-0.25, -0.2) is 0 Å². The summed E-state index contributed by atoms with van der Waals surface area (Å²) in [4.78, 5) is 13.5. The summed E-state index contributed by atoms with van der Waals surface area (Å²) in [7, 11) is 0. The second-order valence-corrected chi connectivity index (χ2v) is 2.75. The van der Waals surface area contributed by atoms with Gasteiger partial charge in [0.05, 0.1) is 11.6 Å². The van der Waals surface area contributed by atoms with E-state index in [4.69, 9.17) is 5.26 Å². The summed E-state index contributed by atoms with van der Waals surface area (Å²) < 4.78 is 0. The van der Waals surface area contributed by atoms with Crippen molar-refractivity contribution in [3.63, 3.8) is 0 Å². The first-order chi connectivity index (χ1) is 6.29. The van der Waals surface area contributed by atoms with Crippen molar-refractivity contribution in [3.8, 4) is 6.07 Å². The first kappa shape index (κ1) is 7.56. The van der Waals surface area contributed by atoms with Crippen molar-refractivity contribution in [1.29, 1.82) is 5.26 Å². The predicted octanol–water partition coefficient (Wildman–Crippen LogP) is 1.40. The first-order valence-electron chi connectivity index (χ1n) is 3.82. The van der Waals surface area contributed by atoms with Gasteiger partial charge in [0.1, 0.15) is 0 Å². The molecular formula is C10H6N2O. The minimum absolute atomic E-state index is 0.150. The molecular weight excluding hydrogens is 164 g/mol. The van der Waals surface area contributed by atoms with Crippen LogP contribution < -0.4 is 5.56 Å². The molecule has 0 unspecified atom stereocenters. The molecule has 1 N–H and O–H groups in total. The molecule has 3 nitrogen and oxygen atoms in total. The minimum atomic E-state index is -0.150. The molecule has 0 atom stereocenters. The van der Waals surface area contributed by atoms with E-state index < -0.39 is 0 Å². The Bertz CT molecular complexity index is 549. The number of hydrogen-bond acceptors (Lipinski definition) is 2. The number of nitrogens with zero attached hydrogens (tertiary/aromatic N) is 1. The van der Waals surface area contributed by atoms with Crippen LogP contribution in [-0.4, -0.2) is 4.98 Å². The molecule has 1 aromatic heterocycles. The summed E-state index contributed by atoms with van der Waals surface area (Å²) in [5.74, 6) is 0. The van der Waals surface area contributed by atoms with Crippen molar-refractivity contribution < 1.29 is 0 Å². The highest BCUT2D eigenvalue weighted by molar-refractivity contribution is 5.82. The zero-order valence-corrected chi connectivity index (χ0v) is 6.74. The van der Waals surface area contributed by atoms with Gasteiger partial charge >= 0.3 is 0 Å². The zero-order valence-electron chi connectivity index (χ0n) is 6.74. The van der Waals surface area contributed by atoms with E-state index in [-0.39, 0.29) is 5.56 Å². The van der Waals surface area contributed by atoms with E-state index in [0.717, 1.165) is 10.8 Å². The fourth-order valence-electron chi connectivity index (χ4n) is 1.23. The highest BCUT2D eigenvalue weighted by atomic mass is 16.1. The number of H-pyrrole nitrogens is 1. The van der Waals surface area contributed by atoms with Gasteiger partial charge in [0.25, 0.3) is 0 Å². The smallest absolute Gasteiger partial charge is 0.248 e. The Balaban J connectivity index is 2.84. The van der Waals surface area contributed by atoms with Crippen LogP contribution in [0.1, 0.15) is 5.56 Å².